The molecular weight excluding hydrogens is 228 g/mol. The van der Waals surface area contributed by atoms with E-state index in [4.69, 9.17) is 14.6 Å². The molecule has 0 saturated carbocycles. The van der Waals surface area contributed by atoms with Crippen molar-refractivity contribution in [3.8, 4) is 11.5 Å². The zero-order valence-electron chi connectivity index (χ0n) is 10.5. The molecule has 2 aromatic rings. The van der Waals surface area contributed by atoms with E-state index in [1.54, 1.807) is 7.11 Å². The lowest BCUT2D eigenvalue weighted by molar-refractivity contribution is 0.201. The molecule has 96 valence electrons. The molecule has 0 radical (unpaired) electrons. The highest BCUT2D eigenvalue weighted by molar-refractivity contribution is 5.21. The molecule has 3 nitrogen and oxygen atoms in total. The maximum atomic E-state index is 8.40. The summed E-state index contributed by atoms with van der Waals surface area (Å²) in [5, 5.41) is 8.40. The maximum Gasteiger partial charge on any atom is 0.119 e. The highest BCUT2D eigenvalue weighted by atomic mass is 16.5. The van der Waals surface area contributed by atoms with Gasteiger partial charge < -0.3 is 14.6 Å². The Morgan fingerprint density at radius 2 is 1.33 bits per heavy atom. The van der Waals surface area contributed by atoms with Crippen molar-refractivity contribution in [2.75, 3.05) is 20.3 Å². The second kappa shape index (κ2) is 9.07. The summed E-state index contributed by atoms with van der Waals surface area (Å²) in [6.45, 7) is 0.429. The highest BCUT2D eigenvalue weighted by Gasteiger charge is 1.87. The Morgan fingerprint density at radius 1 is 0.833 bits per heavy atom. The zero-order chi connectivity index (χ0) is 13.1. The Labute approximate surface area is 108 Å². The smallest absolute Gasteiger partial charge is 0.119 e. The molecule has 0 aliphatic rings. The average molecular weight is 246 g/mol. The Kier molecular flexibility index (Phi) is 7.09. The fraction of sp³-hybridized carbons (Fsp3) is 0.200. The van der Waals surface area contributed by atoms with E-state index in [1.165, 1.54) is 0 Å². The summed E-state index contributed by atoms with van der Waals surface area (Å²) in [7, 11) is 1.66. The van der Waals surface area contributed by atoms with Crippen LogP contribution in [0.25, 0.3) is 0 Å². The lowest BCUT2D eigenvalue weighted by Gasteiger charge is -2.01. The Bertz CT molecular complexity index is 401. The van der Waals surface area contributed by atoms with Crippen molar-refractivity contribution in [3.63, 3.8) is 0 Å². The topological polar surface area (TPSA) is 38.7 Å². The van der Waals surface area contributed by atoms with Crippen molar-refractivity contribution in [2.45, 2.75) is 0 Å². The lowest BCUT2D eigenvalue weighted by atomic mass is 10.3. The van der Waals surface area contributed by atoms with Crippen molar-refractivity contribution >= 4 is 0 Å². The van der Waals surface area contributed by atoms with Crippen LogP contribution in [0.2, 0.25) is 0 Å². The van der Waals surface area contributed by atoms with E-state index >= 15 is 0 Å². The second-order valence-electron chi connectivity index (χ2n) is 3.40. The Morgan fingerprint density at radius 3 is 1.72 bits per heavy atom. The van der Waals surface area contributed by atoms with Crippen LogP contribution >= 0.6 is 0 Å². The van der Waals surface area contributed by atoms with Crippen LogP contribution in [-0.4, -0.2) is 25.4 Å². The van der Waals surface area contributed by atoms with Gasteiger partial charge in [0.05, 0.1) is 13.7 Å². The molecule has 1 N–H and O–H groups in total. The van der Waals surface area contributed by atoms with Crippen LogP contribution in [0.15, 0.2) is 60.7 Å². The van der Waals surface area contributed by atoms with Gasteiger partial charge in [0.2, 0.25) is 0 Å². The normalized spacial score (nSPS) is 9.00. The van der Waals surface area contributed by atoms with Gasteiger partial charge in [-0.2, -0.15) is 0 Å². The number of benzene rings is 2. The SMILES string of the molecule is COc1ccccc1.OCCOc1ccccc1. The third kappa shape index (κ3) is 5.92. The van der Waals surface area contributed by atoms with Crippen LogP contribution in [0.4, 0.5) is 0 Å². The van der Waals surface area contributed by atoms with Gasteiger partial charge >= 0.3 is 0 Å². The summed E-state index contributed by atoms with van der Waals surface area (Å²) in [6, 6.07) is 19.1. The minimum absolute atomic E-state index is 0.0644. The number of rotatable bonds is 4. The first-order valence-corrected chi connectivity index (χ1v) is 5.74. The number of aliphatic hydroxyl groups excluding tert-OH is 1. The zero-order valence-corrected chi connectivity index (χ0v) is 10.5. The molecule has 0 aliphatic heterocycles. The van der Waals surface area contributed by atoms with Gasteiger partial charge in [-0.15, -0.1) is 0 Å². The van der Waals surface area contributed by atoms with E-state index in [1.807, 2.05) is 60.7 Å². The van der Waals surface area contributed by atoms with Gasteiger partial charge in [0.15, 0.2) is 0 Å². The average Bonchev–Trinajstić information content (AvgIpc) is 2.48. The molecule has 0 bridgehead atoms. The van der Waals surface area contributed by atoms with E-state index in [0.29, 0.717) is 6.61 Å². The van der Waals surface area contributed by atoms with Crippen molar-refractivity contribution < 1.29 is 14.6 Å². The second-order valence-corrected chi connectivity index (χ2v) is 3.40. The minimum atomic E-state index is 0.0644. The molecule has 0 aromatic heterocycles. The Balaban J connectivity index is 0.000000184. The lowest BCUT2D eigenvalue weighted by Crippen LogP contribution is -2.00. The molecule has 0 spiro atoms. The van der Waals surface area contributed by atoms with Crippen LogP contribution in [0, 0.1) is 0 Å². The summed E-state index contributed by atoms with van der Waals surface area (Å²) < 4.78 is 10.0. The molecule has 3 heteroatoms. The van der Waals surface area contributed by atoms with E-state index in [0.717, 1.165) is 11.5 Å². The van der Waals surface area contributed by atoms with E-state index in [2.05, 4.69) is 0 Å². The minimum Gasteiger partial charge on any atom is -0.497 e. The van der Waals surface area contributed by atoms with Gasteiger partial charge in [-0.1, -0.05) is 36.4 Å². The number of methoxy groups -OCH3 is 1. The predicted octanol–water partition coefficient (Wildman–Crippen LogP) is 2.75. The molecule has 0 atom stereocenters. The fourth-order valence-electron chi connectivity index (χ4n) is 1.24. The van der Waals surface area contributed by atoms with Gasteiger partial charge in [-0.05, 0) is 24.3 Å². The maximum absolute atomic E-state index is 8.40. The Hall–Kier alpha value is -2.00. The standard InChI is InChI=1S/C8H10O2.C7H8O/c9-6-7-10-8-4-2-1-3-5-8;1-8-7-5-3-2-4-6-7/h1-5,9H,6-7H2;2-6H,1H3. The molecule has 0 amide bonds. The molecule has 0 aliphatic carbocycles. The van der Waals surface area contributed by atoms with Gasteiger partial charge in [0.1, 0.15) is 18.1 Å². The largest absolute Gasteiger partial charge is 0.497 e. The number of ether oxygens (including phenoxy) is 2. The molecule has 2 rings (SSSR count). The van der Waals surface area contributed by atoms with Crippen LogP contribution in [0.3, 0.4) is 0 Å². The molecule has 0 saturated heterocycles. The molecule has 2 aromatic carbocycles. The summed E-state index contributed by atoms with van der Waals surface area (Å²) in [6.07, 6.45) is 0. The summed E-state index contributed by atoms with van der Waals surface area (Å²) >= 11 is 0. The summed E-state index contributed by atoms with van der Waals surface area (Å²) in [4.78, 5) is 0. The number of hydrogen-bond acceptors (Lipinski definition) is 3. The molecule has 18 heavy (non-hydrogen) atoms. The van der Waals surface area contributed by atoms with E-state index < -0.39 is 0 Å². The molecule has 0 heterocycles. The van der Waals surface area contributed by atoms with E-state index in [-0.39, 0.29) is 6.61 Å². The van der Waals surface area contributed by atoms with Crippen LogP contribution < -0.4 is 9.47 Å². The number of aliphatic hydroxyl groups is 1. The van der Waals surface area contributed by atoms with Crippen LogP contribution in [-0.2, 0) is 0 Å². The van der Waals surface area contributed by atoms with Crippen molar-refractivity contribution in [3.05, 3.63) is 60.7 Å². The van der Waals surface area contributed by atoms with Crippen molar-refractivity contribution in [1.82, 2.24) is 0 Å². The summed E-state index contributed by atoms with van der Waals surface area (Å²) in [5.41, 5.74) is 0. The molecular formula is C15H18O3. The first-order chi connectivity index (χ1) is 8.86. The van der Waals surface area contributed by atoms with Crippen molar-refractivity contribution in [2.24, 2.45) is 0 Å². The first-order valence-electron chi connectivity index (χ1n) is 5.74. The third-order valence-corrected chi connectivity index (χ3v) is 2.08. The summed E-state index contributed by atoms with van der Waals surface area (Å²) in [5.74, 6) is 1.71. The number of para-hydroxylation sites is 2. The monoisotopic (exact) mass is 246 g/mol. The molecule has 0 fully saturated rings. The van der Waals surface area contributed by atoms with Gasteiger partial charge in [-0.25, -0.2) is 0 Å². The predicted molar refractivity (Wildman–Crippen MR) is 72.0 cm³/mol. The quantitative estimate of drug-likeness (QED) is 0.901. The van der Waals surface area contributed by atoms with Crippen molar-refractivity contribution in [1.29, 1.82) is 0 Å². The first kappa shape index (κ1) is 14.1. The van der Waals surface area contributed by atoms with E-state index in [9.17, 15) is 0 Å². The van der Waals surface area contributed by atoms with Gasteiger partial charge in [-0.3, -0.25) is 0 Å². The third-order valence-electron chi connectivity index (χ3n) is 2.08. The van der Waals surface area contributed by atoms with Gasteiger partial charge in [0, 0.05) is 0 Å². The molecule has 0 unspecified atom stereocenters. The van der Waals surface area contributed by atoms with Crippen LogP contribution in [0.5, 0.6) is 11.5 Å². The number of hydrogen-bond donors (Lipinski definition) is 1. The highest BCUT2D eigenvalue weighted by Crippen LogP contribution is 2.07. The van der Waals surface area contributed by atoms with Crippen LogP contribution in [0.1, 0.15) is 0 Å². The fourth-order valence-corrected chi connectivity index (χ4v) is 1.24. The van der Waals surface area contributed by atoms with Gasteiger partial charge in [0.25, 0.3) is 0 Å².